The van der Waals surface area contributed by atoms with Gasteiger partial charge in [-0.3, -0.25) is 0 Å². The van der Waals surface area contributed by atoms with Gasteiger partial charge in [0.15, 0.2) is 0 Å². The zero-order valence-electron chi connectivity index (χ0n) is 11.7. The first-order valence-electron chi connectivity index (χ1n) is 6.29. The fraction of sp³-hybridized carbons (Fsp3) is 0.429. The molecule has 0 fully saturated rings. The highest BCUT2D eigenvalue weighted by molar-refractivity contribution is 7.10. The van der Waals surface area contributed by atoms with Gasteiger partial charge in [0.2, 0.25) is 5.88 Å². The van der Waals surface area contributed by atoms with Gasteiger partial charge in [-0.05, 0) is 24.3 Å². The number of rotatable bonds is 5. The van der Waals surface area contributed by atoms with E-state index < -0.39 is 0 Å². The van der Waals surface area contributed by atoms with Gasteiger partial charge in [0.05, 0.1) is 18.7 Å². The monoisotopic (exact) mass is 277 g/mol. The first-order chi connectivity index (χ1) is 9.13. The number of methoxy groups -OCH3 is 1. The lowest BCUT2D eigenvalue weighted by atomic mass is 10.0. The van der Waals surface area contributed by atoms with Gasteiger partial charge >= 0.3 is 0 Å². The van der Waals surface area contributed by atoms with E-state index in [4.69, 9.17) is 4.74 Å². The minimum Gasteiger partial charge on any atom is -0.481 e. The van der Waals surface area contributed by atoms with Crippen LogP contribution in [0.3, 0.4) is 0 Å². The van der Waals surface area contributed by atoms with Gasteiger partial charge < -0.3 is 10.1 Å². The van der Waals surface area contributed by atoms with Crippen molar-refractivity contribution in [1.29, 1.82) is 0 Å². The van der Waals surface area contributed by atoms with E-state index >= 15 is 0 Å². The molecule has 0 aliphatic heterocycles. The second-order valence-corrected chi connectivity index (χ2v) is 5.72. The van der Waals surface area contributed by atoms with E-state index in [1.807, 2.05) is 6.92 Å². The molecule has 2 aromatic heterocycles. The van der Waals surface area contributed by atoms with Crippen LogP contribution in [0.5, 0.6) is 5.88 Å². The third kappa shape index (κ3) is 3.04. The zero-order valence-corrected chi connectivity index (χ0v) is 12.5. The average molecular weight is 277 g/mol. The number of hydrogen-bond donors (Lipinski definition) is 1. The van der Waals surface area contributed by atoms with Crippen LogP contribution in [0.4, 0.5) is 5.82 Å². The number of nitrogens with zero attached hydrogens (tertiary/aromatic N) is 2. The van der Waals surface area contributed by atoms with Crippen LogP contribution in [0.25, 0.3) is 0 Å². The van der Waals surface area contributed by atoms with Gasteiger partial charge in [-0.25, -0.2) is 9.97 Å². The number of thiophene rings is 1. The largest absolute Gasteiger partial charge is 0.481 e. The second-order valence-electron chi connectivity index (χ2n) is 4.74. The minimum absolute atomic E-state index is 0.248. The van der Waals surface area contributed by atoms with Crippen LogP contribution in [0.15, 0.2) is 23.8 Å². The summed E-state index contributed by atoms with van der Waals surface area (Å²) in [4.78, 5) is 9.73. The lowest BCUT2D eigenvalue weighted by Gasteiger charge is -2.23. The molecule has 0 aromatic carbocycles. The van der Waals surface area contributed by atoms with Gasteiger partial charge in [0.1, 0.15) is 12.1 Å². The summed E-state index contributed by atoms with van der Waals surface area (Å²) in [6.45, 7) is 6.36. The number of nitrogens with one attached hydrogen (secondary N) is 1. The lowest BCUT2D eigenvalue weighted by Crippen LogP contribution is -2.17. The van der Waals surface area contributed by atoms with Crippen molar-refractivity contribution < 1.29 is 4.74 Å². The number of hydrogen-bond acceptors (Lipinski definition) is 5. The highest BCUT2D eigenvalue weighted by atomic mass is 32.1. The summed E-state index contributed by atoms with van der Waals surface area (Å²) in [6.07, 6.45) is 1.53. The second kappa shape index (κ2) is 6.02. The fourth-order valence-electron chi connectivity index (χ4n) is 1.97. The first-order valence-corrected chi connectivity index (χ1v) is 7.17. The summed E-state index contributed by atoms with van der Waals surface area (Å²) >= 11 is 1.76. The molecule has 0 aliphatic carbocycles. The van der Waals surface area contributed by atoms with Crippen LogP contribution in [0.1, 0.15) is 30.3 Å². The van der Waals surface area contributed by atoms with E-state index in [-0.39, 0.29) is 6.04 Å². The summed E-state index contributed by atoms with van der Waals surface area (Å²) in [6, 6.07) is 4.47. The molecule has 5 heteroatoms. The molecule has 2 rings (SSSR count). The van der Waals surface area contributed by atoms with E-state index in [9.17, 15) is 0 Å². The van der Waals surface area contributed by atoms with Crippen molar-refractivity contribution in [2.45, 2.75) is 26.8 Å². The van der Waals surface area contributed by atoms with Crippen LogP contribution >= 0.6 is 11.3 Å². The standard InChI is InChI=1S/C14H19N3OS/c1-9(2)12(11-6-5-7-19-11)17-13-10(3)14(18-4)16-8-15-13/h5-9,12H,1-4H3,(H,15,16,17). The highest BCUT2D eigenvalue weighted by Crippen LogP contribution is 2.31. The van der Waals surface area contributed by atoms with E-state index in [0.29, 0.717) is 11.8 Å². The van der Waals surface area contributed by atoms with Crippen molar-refractivity contribution in [3.8, 4) is 5.88 Å². The number of ether oxygens (including phenoxy) is 1. The van der Waals surface area contributed by atoms with Gasteiger partial charge in [-0.2, -0.15) is 0 Å². The molecule has 0 saturated heterocycles. The molecule has 2 aromatic rings. The molecule has 1 unspecified atom stereocenters. The third-order valence-corrected chi connectivity index (χ3v) is 4.00. The summed E-state index contributed by atoms with van der Waals surface area (Å²) in [5.74, 6) is 1.92. The lowest BCUT2D eigenvalue weighted by molar-refractivity contribution is 0.393. The molecule has 0 aliphatic rings. The predicted molar refractivity (Wildman–Crippen MR) is 78.8 cm³/mol. The maximum Gasteiger partial charge on any atom is 0.221 e. The molecule has 19 heavy (non-hydrogen) atoms. The van der Waals surface area contributed by atoms with Crippen molar-refractivity contribution in [1.82, 2.24) is 9.97 Å². The molecular weight excluding hydrogens is 258 g/mol. The molecule has 1 N–H and O–H groups in total. The molecular formula is C14H19N3OS. The number of aromatic nitrogens is 2. The van der Waals surface area contributed by atoms with Gasteiger partial charge in [-0.1, -0.05) is 19.9 Å². The molecule has 4 nitrogen and oxygen atoms in total. The zero-order chi connectivity index (χ0) is 13.8. The summed E-state index contributed by atoms with van der Waals surface area (Å²) < 4.78 is 5.23. The summed E-state index contributed by atoms with van der Waals surface area (Å²) in [5.41, 5.74) is 0.937. The average Bonchev–Trinajstić information content (AvgIpc) is 2.90. The van der Waals surface area contributed by atoms with Crippen molar-refractivity contribution in [3.05, 3.63) is 34.3 Å². The first kappa shape index (κ1) is 13.8. The normalized spacial score (nSPS) is 12.5. The van der Waals surface area contributed by atoms with Crippen LogP contribution in [-0.2, 0) is 0 Å². The van der Waals surface area contributed by atoms with Gasteiger partial charge in [0, 0.05) is 4.88 Å². The Hall–Kier alpha value is -1.62. The molecule has 0 bridgehead atoms. The predicted octanol–water partition coefficient (Wildman–Crippen LogP) is 3.66. The number of anilines is 1. The Bertz CT molecular complexity index is 525. The highest BCUT2D eigenvalue weighted by Gasteiger charge is 2.19. The third-order valence-electron chi connectivity index (χ3n) is 3.04. The Morgan fingerprint density at radius 3 is 2.68 bits per heavy atom. The van der Waals surface area contributed by atoms with Crippen molar-refractivity contribution in [2.75, 3.05) is 12.4 Å². The molecule has 0 spiro atoms. The molecule has 102 valence electrons. The van der Waals surface area contributed by atoms with E-state index in [0.717, 1.165) is 11.4 Å². The van der Waals surface area contributed by atoms with Gasteiger partial charge in [-0.15, -0.1) is 11.3 Å². The maximum absolute atomic E-state index is 5.23. The van der Waals surface area contributed by atoms with E-state index in [1.54, 1.807) is 18.4 Å². The van der Waals surface area contributed by atoms with E-state index in [2.05, 4.69) is 46.6 Å². The quantitative estimate of drug-likeness (QED) is 0.906. The van der Waals surface area contributed by atoms with Crippen LogP contribution < -0.4 is 10.1 Å². The molecule has 2 heterocycles. The minimum atomic E-state index is 0.248. The van der Waals surface area contributed by atoms with Crippen LogP contribution in [0, 0.1) is 12.8 Å². The Morgan fingerprint density at radius 1 is 1.32 bits per heavy atom. The summed E-state index contributed by atoms with van der Waals surface area (Å²) in [7, 11) is 1.62. The van der Waals surface area contributed by atoms with Crippen molar-refractivity contribution >= 4 is 17.2 Å². The SMILES string of the molecule is COc1ncnc(NC(c2cccs2)C(C)C)c1C. The summed E-state index contributed by atoms with van der Waals surface area (Å²) in [5, 5.41) is 5.60. The smallest absolute Gasteiger partial charge is 0.221 e. The van der Waals surface area contributed by atoms with Gasteiger partial charge in [0.25, 0.3) is 0 Å². The van der Waals surface area contributed by atoms with E-state index in [1.165, 1.54) is 11.2 Å². The van der Waals surface area contributed by atoms with Crippen molar-refractivity contribution in [2.24, 2.45) is 5.92 Å². The Kier molecular flexibility index (Phi) is 4.37. The Morgan fingerprint density at radius 2 is 2.11 bits per heavy atom. The Balaban J connectivity index is 2.28. The van der Waals surface area contributed by atoms with Crippen LogP contribution in [-0.4, -0.2) is 17.1 Å². The molecule has 1 atom stereocenters. The van der Waals surface area contributed by atoms with Crippen molar-refractivity contribution in [3.63, 3.8) is 0 Å². The van der Waals surface area contributed by atoms with Crippen LogP contribution in [0.2, 0.25) is 0 Å². The fourth-order valence-corrected chi connectivity index (χ4v) is 2.92. The topological polar surface area (TPSA) is 47.0 Å². The maximum atomic E-state index is 5.23. The molecule has 0 amide bonds. The Labute approximate surface area is 117 Å². The molecule has 0 saturated carbocycles. The molecule has 0 radical (unpaired) electrons.